The second-order valence-corrected chi connectivity index (χ2v) is 8.63. The number of piperidine rings is 1. The Balaban J connectivity index is 1.30. The Bertz CT molecular complexity index is 973. The van der Waals surface area contributed by atoms with Gasteiger partial charge in [0, 0.05) is 37.7 Å². The number of hydrogen-bond acceptors (Lipinski definition) is 5. The number of anilines is 1. The monoisotopic (exact) mass is 392 g/mol. The molecule has 2 aliphatic heterocycles. The Morgan fingerprint density at radius 3 is 2.43 bits per heavy atom. The van der Waals surface area contributed by atoms with Gasteiger partial charge in [-0.3, -0.25) is 4.79 Å². The van der Waals surface area contributed by atoms with Crippen molar-refractivity contribution in [2.24, 2.45) is 5.92 Å². The molecule has 2 fully saturated rings. The predicted molar refractivity (Wildman–Crippen MR) is 114 cm³/mol. The van der Waals surface area contributed by atoms with Crippen LogP contribution in [0.2, 0.25) is 0 Å². The molecule has 1 amide bonds. The Kier molecular flexibility index (Phi) is 4.72. The van der Waals surface area contributed by atoms with E-state index in [0.29, 0.717) is 5.91 Å². The average molecular weight is 393 g/mol. The van der Waals surface area contributed by atoms with Crippen molar-refractivity contribution in [2.45, 2.75) is 25.7 Å². The molecule has 2 aromatic heterocycles. The molecule has 2 aliphatic rings. The Morgan fingerprint density at radius 1 is 0.929 bits per heavy atom. The Morgan fingerprint density at radius 2 is 1.68 bits per heavy atom. The number of aromatic nitrogens is 2. The molecule has 0 saturated carbocycles. The topological polar surface area (TPSA) is 49.3 Å². The van der Waals surface area contributed by atoms with Crippen molar-refractivity contribution >= 4 is 32.7 Å². The summed E-state index contributed by atoms with van der Waals surface area (Å²) >= 11 is 1.66. The summed E-state index contributed by atoms with van der Waals surface area (Å²) in [6.45, 7) is 3.70. The van der Waals surface area contributed by atoms with E-state index in [1.54, 1.807) is 11.3 Å². The molecule has 0 N–H and O–H groups in total. The molecule has 0 spiro atoms. The molecule has 4 heterocycles. The quantitative estimate of drug-likeness (QED) is 0.670. The van der Waals surface area contributed by atoms with Crippen molar-refractivity contribution in [2.75, 3.05) is 31.1 Å². The molecule has 5 rings (SSSR count). The second-order valence-electron chi connectivity index (χ2n) is 7.68. The Labute approximate surface area is 169 Å². The van der Waals surface area contributed by atoms with Crippen molar-refractivity contribution < 1.29 is 4.79 Å². The number of thiazole rings is 1. The summed E-state index contributed by atoms with van der Waals surface area (Å²) in [5, 5.41) is 1.03. The number of amides is 1. The summed E-state index contributed by atoms with van der Waals surface area (Å²) in [5.74, 6) is 0.558. The van der Waals surface area contributed by atoms with E-state index in [1.807, 2.05) is 24.3 Å². The van der Waals surface area contributed by atoms with Crippen LogP contribution < -0.4 is 4.90 Å². The van der Waals surface area contributed by atoms with Crippen molar-refractivity contribution in [3.8, 4) is 11.3 Å². The van der Waals surface area contributed by atoms with Gasteiger partial charge >= 0.3 is 0 Å². The summed E-state index contributed by atoms with van der Waals surface area (Å²) in [5.41, 5.74) is 3.06. The van der Waals surface area contributed by atoms with E-state index in [0.717, 1.165) is 78.6 Å². The molecule has 6 heteroatoms. The fraction of sp³-hybridized carbons (Fsp3) is 0.409. The predicted octanol–water partition coefficient (Wildman–Crippen LogP) is 4.20. The molecule has 1 aromatic carbocycles. The van der Waals surface area contributed by atoms with E-state index in [-0.39, 0.29) is 5.92 Å². The molecule has 5 nitrogen and oxygen atoms in total. The van der Waals surface area contributed by atoms with Gasteiger partial charge in [0.05, 0.1) is 5.69 Å². The highest BCUT2D eigenvalue weighted by atomic mass is 32.1. The first kappa shape index (κ1) is 17.6. The molecule has 0 radical (unpaired) electrons. The van der Waals surface area contributed by atoms with E-state index in [4.69, 9.17) is 9.97 Å². The van der Waals surface area contributed by atoms with Gasteiger partial charge in [-0.1, -0.05) is 41.7 Å². The number of fused-ring (bicyclic) bond motifs is 1. The molecular formula is C22H24N4OS. The van der Waals surface area contributed by atoms with E-state index in [1.165, 1.54) is 0 Å². The highest BCUT2D eigenvalue weighted by molar-refractivity contribution is 7.21. The number of likely N-dealkylation sites (tertiary alicyclic amines) is 1. The maximum absolute atomic E-state index is 12.6. The summed E-state index contributed by atoms with van der Waals surface area (Å²) in [6, 6.07) is 14.4. The zero-order chi connectivity index (χ0) is 18.9. The van der Waals surface area contributed by atoms with Crippen molar-refractivity contribution in [1.29, 1.82) is 0 Å². The average Bonchev–Trinajstić information content (AvgIpc) is 3.43. The lowest BCUT2D eigenvalue weighted by atomic mass is 9.95. The third-order valence-corrected chi connectivity index (χ3v) is 6.87. The number of carbonyl (C=O) groups excluding carboxylic acids is 1. The Hall–Kier alpha value is -2.47. The van der Waals surface area contributed by atoms with Gasteiger partial charge in [-0.2, -0.15) is 0 Å². The molecule has 144 valence electrons. The van der Waals surface area contributed by atoms with Gasteiger partial charge in [0.15, 0.2) is 5.13 Å². The van der Waals surface area contributed by atoms with Crippen LogP contribution in [0, 0.1) is 5.92 Å². The van der Waals surface area contributed by atoms with Gasteiger partial charge in [-0.05, 0) is 37.8 Å². The fourth-order valence-electron chi connectivity index (χ4n) is 4.22. The van der Waals surface area contributed by atoms with Gasteiger partial charge in [-0.25, -0.2) is 9.97 Å². The number of benzene rings is 1. The third-order valence-electron chi connectivity index (χ3n) is 5.85. The molecule has 3 aromatic rings. The number of nitrogens with zero attached hydrogens (tertiary/aromatic N) is 4. The number of hydrogen-bond donors (Lipinski definition) is 0. The fourth-order valence-corrected chi connectivity index (χ4v) is 5.21. The van der Waals surface area contributed by atoms with Gasteiger partial charge in [0.2, 0.25) is 5.91 Å². The molecule has 2 saturated heterocycles. The van der Waals surface area contributed by atoms with Crippen molar-refractivity contribution in [1.82, 2.24) is 14.9 Å². The standard InChI is InChI=1S/C22H24N4OS/c27-21(25-12-4-5-13-25)17-10-14-26(15-11-17)22-24-19-9-8-18(23-20(19)28-22)16-6-2-1-3-7-16/h1-3,6-9,17H,4-5,10-15H2. The van der Waals surface area contributed by atoms with E-state index >= 15 is 0 Å². The third kappa shape index (κ3) is 3.37. The first-order valence-electron chi connectivity index (χ1n) is 10.1. The largest absolute Gasteiger partial charge is 0.348 e. The zero-order valence-corrected chi connectivity index (χ0v) is 16.7. The maximum Gasteiger partial charge on any atom is 0.225 e. The number of rotatable bonds is 3. The molecule has 0 aliphatic carbocycles. The van der Waals surface area contributed by atoms with Crippen LogP contribution in [0.4, 0.5) is 5.13 Å². The highest BCUT2D eigenvalue weighted by Crippen LogP contribution is 2.32. The molecule has 0 unspecified atom stereocenters. The van der Waals surface area contributed by atoms with Gasteiger partial charge in [0.25, 0.3) is 0 Å². The molecular weight excluding hydrogens is 368 g/mol. The molecule has 28 heavy (non-hydrogen) atoms. The van der Waals surface area contributed by atoms with E-state index in [2.05, 4.69) is 28.0 Å². The number of pyridine rings is 1. The minimum Gasteiger partial charge on any atom is -0.348 e. The van der Waals surface area contributed by atoms with Crippen LogP contribution in [0.5, 0.6) is 0 Å². The summed E-state index contributed by atoms with van der Waals surface area (Å²) in [4.78, 5) is 27.6. The first-order valence-corrected chi connectivity index (χ1v) is 11.0. The number of carbonyl (C=O) groups is 1. The van der Waals surface area contributed by atoms with Crippen LogP contribution in [0.1, 0.15) is 25.7 Å². The minimum absolute atomic E-state index is 0.187. The maximum atomic E-state index is 12.6. The minimum atomic E-state index is 0.187. The van der Waals surface area contributed by atoms with Crippen molar-refractivity contribution in [3.63, 3.8) is 0 Å². The summed E-state index contributed by atoms with van der Waals surface area (Å²) in [6.07, 6.45) is 4.17. The van der Waals surface area contributed by atoms with Crippen molar-refractivity contribution in [3.05, 3.63) is 42.5 Å². The molecule has 0 atom stereocenters. The SMILES string of the molecule is O=C(C1CCN(c2nc3ccc(-c4ccccc4)nc3s2)CC1)N1CCCC1. The smallest absolute Gasteiger partial charge is 0.225 e. The van der Waals surface area contributed by atoms with Crippen LogP contribution in [0.25, 0.3) is 21.6 Å². The lowest BCUT2D eigenvalue weighted by molar-refractivity contribution is -0.135. The van der Waals surface area contributed by atoms with E-state index in [9.17, 15) is 4.79 Å². The van der Waals surface area contributed by atoms with Crippen LogP contribution in [-0.2, 0) is 4.79 Å². The van der Waals surface area contributed by atoms with Crippen LogP contribution in [0.3, 0.4) is 0 Å². The summed E-state index contributed by atoms with van der Waals surface area (Å²) < 4.78 is 0. The van der Waals surface area contributed by atoms with Gasteiger partial charge < -0.3 is 9.80 Å². The zero-order valence-electron chi connectivity index (χ0n) is 15.9. The van der Waals surface area contributed by atoms with Gasteiger partial charge in [-0.15, -0.1) is 0 Å². The van der Waals surface area contributed by atoms with Crippen LogP contribution >= 0.6 is 11.3 Å². The highest BCUT2D eigenvalue weighted by Gasteiger charge is 2.30. The first-order chi connectivity index (χ1) is 13.8. The lowest BCUT2D eigenvalue weighted by Crippen LogP contribution is -2.41. The van der Waals surface area contributed by atoms with Gasteiger partial charge in [0.1, 0.15) is 10.3 Å². The second kappa shape index (κ2) is 7.51. The normalized spacial score (nSPS) is 18.1. The molecule has 0 bridgehead atoms. The van der Waals surface area contributed by atoms with Crippen LogP contribution in [0.15, 0.2) is 42.5 Å². The lowest BCUT2D eigenvalue weighted by Gasteiger charge is -2.32. The summed E-state index contributed by atoms with van der Waals surface area (Å²) in [7, 11) is 0. The van der Waals surface area contributed by atoms with Crippen LogP contribution in [-0.4, -0.2) is 47.0 Å². The van der Waals surface area contributed by atoms with E-state index < -0.39 is 0 Å².